The molecular formula is C17H19N5O5S. The predicted molar refractivity (Wildman–Crippen MR) is 99.9 cm³/mol. The molecule has 3 aromatic rings. The van der Waals surface area contributed by atoms with E-state index in [1.54, 1.807) is 31.4 Å². The Bertz CT molecular complexity index is 1010. The zero-order chi connectivity index (χ0) is 19.8. The number of nitrogens with zero attached hydrogens (tertiary/aromatic N) is 4. The van der Waals surface area contributed by atoms with E-state index in [1.807, 2.05) is 0 Å². The number of aromatic nitrogens is 4. The van der Waals surface area contributed by atoms with Gasteiger partial charge in [0.2, 0.25) is 0 Å². The van der Waals surface area contributed by atoms with Crippen molar-refractivity contribution in [3.8, 4) is 5.75 Å². The summed E-state index contributed by atoms with van der Waals surface area (Å²) >= 11 is 0. The van der Waals surface area contributed by atoms with Gasteiger partial charge in [0, 0.05) is 4.90 Å². The molecule has 28 heavy (non-hydrogen) atoms. The Kier molecular flexibility index (Phi) is 4.98. The standard InChI is InChI=1S/C17H19N5O5S/c1-26-9-2-4-10(5-3-9)28(25)6-11-13(23)14(24)17(27-11)22-8-21-12-15(18)19-7-20-16(12)22/h2-5,7-8,11,13-14,17,23-24H,6H2,1H3,(H2,18,19,20)/t11-,13-,14-,17-,28+/m1/s1. The molecule has 4 N–H and O–H groups in total. The lowest BCUT2D eigenvalue weighted by Gasteiger charge is -2.16. The maximum Gasteiger partial charge on any atom is 0.167 e. The Morgan fingerprint density at radius 3 is 2.68 bits per heavy atom. The van der Waals surface area contributed by atoms with Gasteiger partial charge >= 0.3 is 0 Å². The molecule has 0 saturated carbocycles. The van der Waals surface area contributed by atoms with Crippen molar-refractivity contribution >= 4 is 27.8 Å². The number of nitrogens with two attached hydrogens (primary N) is 1. The van der Waals surface area contributed by atoms with Crippen LogP contribution in [0.3, 0.4) is 0 Å². The number of aliphatic hydroxyl groups excluding tert-OH is 2. The van der Waals surface area contributed by atoms with Crippen molar-refractivity contribution in [2.45, 2.75) is 29.4 Å². The summed E-state index contributed by atoms with van der Waals surface area (Å²) in [5, 5.41) is 20.9. The summed E-state index contributed by atoms with van der Waals surface area (Å²) in [4.78, 5) is 12.7. The van der Waals surface area contributed by atoms with Crippen molar-refractivity contribution in [2.75, 3.05) is 18.6 Å². The second kappa shape index (κ2) is 7.43. The Morgan fingerprint density at radius 1 is 1.21 bits per heavy atom. The van der Waals surface area contributed by atoms with Gasteiger partial charge in [0.15, 0.2) is 17.7 Å². The van der Waals surface area contributed by atoms with E-state index in [1.165, 1.54) is 17.2 Å². The van der Waals surface area contributed by atoms with Crippen LogP contribution in [0.15, 0.2) is 41.8 Å². The van der Waals surface area contributed by atoms with E-state index >= 15 is 0 Å². The molecule has 0 unspecified atom stereocenters. The fourth-order valence-corrected chi connectivity index (χ4v) is 4.33. The van der Waals surface area contributed by atoms with Gasteiger partial charge in [-0.25, -0.2) is 15.0 Å². The molecule has 1 aliphatic heterocycles. The predicted octanol–water partition coefficient (Wildman–Crippen LogP) is -0.156. The minimum atomic E-state index is -1.43. The van der Waals surface area contributed by atoms with E-state index in [4.69, 9.17) is 15.2 Å². The molecule has 148 valence electrons. The summed E-state index contributed by atoms with van der Waals surface area (Å²) in [6.07, 6.45) is -1.54. The van der Waals surface area contributed by atoms with Gasteiger partial charge in [0.25, 0.3) is 0 Å². The van der Waals surface area contributed by atoms with Gasteiger partial charge in [-0.1, -0.05) is 0 Å². The third-order valence-corrected chi connectivity index (χ3v) is 6.07. The molecule has 3 heterocycles. The van der Waals surface area contributed by atoms with Crippen molar-refractivity contribution in [3.63, 3.8) is 0 Å². The first-order valence-corrected chi connectivity index (χ1v) is 9.78. The molecule has 1 aliphatic rings. The number of fused-ring (bicyclic) bond motifs is 1. The van der Waals surface area contributed by atoms with E-state index in [0.29, 0.717) is 21.8 Å². The molecule has 0 aliphatic carbocycles. The maximum absolute atomic E-state index is 12.6. The summed E-state index contributed by atoms with van der Waals surface area (Å²) in [5.74, 6) is 0.876. The number of ether oxygens (including phenoxy) is 2. The van der Waals surface area contributed by atoms with E-state index in [0.717, 1.165) is 0 Å². The molecule has 11 heteroatoms. The average molecular weight is 405 g/mol. The second-order valence-corrected chi connectivity index (χ2v) is 7.81. The highest BCUT2D eigenvalue weighted by Crippen LogP contribution is 2.32. The third kappa shape index (κ3) is 3.22. The van der Waals surface area contributed by atoms with Gasteiger partial charge in [-0.15, -0.1) is 0 Å². The molecule has 0 bridgehead atoms. The number of benzene rings is 1. The lowest BCUT2D eigenvalue weighted by atomic mass is 10.1. The summed E-state index contributed by atoms with van der Waals surface area (Å²) in [6.45, 7) is 0. The van der Waals surface area contributed by atoms with Crippen LogP contribution in [-0.4, -0.2) is 65.1 Å². The Morgan fingerprint density at radius 2 is 1.96 bits per heavy atom. The first-order valence-electron chi connectivity index (χ1n) is 8.46. The van der Waals surface area contributed by atoms with Crippen LogP contribution in [0.2, 0.25) is 0 Å². The molecule has 10 nitrogen and oxygen atoms in total. The highest BCUT2D eigenvalue weighted by Gasteiger charge is 2.45. The number of imidazole rings is 1. The summed E-state index contributed by atoms with van der Waals surface area (Å²) in [7, 11) is 0.116. The van der Waals surface area contributed by atoms with Crippen LogP contribution >= 0.6 is 0 Å². The Hall–Kier alpha value is -2.60. The van der Waals surface area contributed by atoms with Crippen molar-refractivity contribution in [2.24, 2.45) is 0 Å². The van der Waals surface area contributed by atoms with Crippen molar-refractivity contribution < 1.29 is 23.9 Å². The van der Waals surface area contributed by atoms with E-state index in [-0.39, 0.29) is 11.6 Å². The van der Waals surface area contributed by atoms with Crippen LogP contribution < -0.4 is 10.5 Å². The first kappa shape index (κ1) is 18.7. The van der Waals surface area contributed by atoms with Crippen LogP contribution in [-0.2, 0) is 15.5 Å². The number of nitrogen functional groups attached to an aromatic ring is 1. The highest BCUT2D eigenvalue weighted by atomic mass is 32.2. The van der Waals surface area contributed by atoms with Gasteiger partial charge < -0.3 is 25.4 Å². The van der Waals surface area contributed by atoms with Gasteiger partial charge in [-0.2, -0.15) is 0 Å². The van der Waals surface area contributed by atoms with Gasteiger partial charge in [-0.3, -0.25) is 8.78 Å². The fraction of sp³-hybridized carbons (Fsp3) is 0.353. The van der Waals surface area contributed by atoms with Crippen molar-refractivity contribution in [3.05, 3.63) is 36.9 Å². The molecule has 4 rings (SSSR count). The smallest absolute Gasteiger partial charge is 0.167 e. The lowest BCUT2D eigenvalue weighted by Crippen LogP contribution is -2.34. The van der Waals surface area contributed by atoms with Gasteiger partial charge in [-0.05, 0) is 24.3 Å². The molecule has 1 aromatic carbocycles. The van der Waals surface area contributed by atoms with Crippen LogP contribution in [0.4, 0.5) is 5.82 Å². The number of rotatable bonds is 5. The lowest BCUT2D eigenvalue weighted by molar-refractivity contribution is -0.0290. The maximum atomic E-state index is 12.6. The first-order chi connectivity index (χ1) is 13.5. The zero-order valence-corrected chi connectivity index (χ0v) is 15.7. The van der Waals surface area contributed by atoms with Crippen LogP contribution in [0, 0.1) is 0 Å². The summed E-state index contributed by atoms with van der Waals surface area (Å²) in [5.41, 5.74) is 6.53. The highest BCUT2D eigenvalue weighted by molar-refractivity contribution is 7.85. The molecule has 2 aromatic heterocycles. The van der Waals surface area contributed by atoms with E-state index in [9.17, 15) is 14.4 Å². The fourth-order valence-electron chi connectivity index (χ4n) is 3.13. The number of hydrogen-bond donors (Lipinski definition) is 3. The van der Waals surface area contributed by atoms with Crippen molar-refractivity contribution in [1.82, 2.24) is 19.5 Å². The second-order valence-electron chi connectivity index (χ2n) is 6.32. The van der Waals surface area contributed by atoms with Crippen LogP contribution in [0.25, 0.3) is 11.2 Å². The minimum Gasteiger partial charge on any atom is -0.497 e. The molecular weight excluding hydrogens is 386 g/mol. The minimum absolute atomic E-state index is 0.0187. The number of methoxy groups -OCH3 is 1. The van der Waals surface area contributed by atoms with Gasteiger partial charge in [0.05, 0.1) is 30.0 Å². The summed E-state index contributed by atoms with van der Waals surface area (Å²) < 4.78 is 25.0. The van der Waals surface area contributed by atoms with Crippen molar-refractivity contribution in [1.29, 1.82) is 0 Å². The zero-order valence-electron chi connectivity index (χ0n) is 14.9. The molecule has 0 radical (unpaired) electrons. The number of aliphatic hydroxyl groups is 2. The topological polar surface area (TPSA) is 146 Å². The average Bonchev–Trinajstić information content (AvgIpc) is 3.25. The van der Waals surface area contributed by atoms with Crippen LogP contribution in [0.5, 0.6) is 5.75 Å². The molecule has 0 spiro atoms. The van der Waals surface area contributed by atoms with Gasteiger partial charge in [0.1, 0.15) is 35.9 Å². The Balaban J connectivity index is 1.54. The molecule has 5 atom stereocenters. The quantitative estimate of drug-likeness (QED) is 0.527. The molecule has 1 saturated heterocycles. The molecule has 0 amide bonds. The van der Waals surface area contributed by atoms with Crippen LogP contribution in [0.1, 0.15) is 6.23 Å². The third-order valence-electron chi connectivity index (χ3n) is 4.64. The van der Waals surface area contributed by atoms with E-state index < -0.39 is 35.3 Å². The SMILES string of the molecule is COc1ccc([S@@](=O)C[C@H]2O[C@@H](n3cnc4c(N)ncnc43)[C@H](O)[C@@H]2O)cc1. The normalized spacial score (nSPS) is 25.8. The number of hydrogen-bond acceptors (Lipinski definition) is 9. The molecule has 1 fully saturated rings. The number of anilines is 1. The Labute approximate surface area is 162 Å². The summed E-state index contributed by atoms with van der Waals surface area (Å²) in [6, 6.07) is 6.79. The largest absolute Gasteiger partial charge is 0.497 e. The monoisotopic (exact) mass is 405 g/mol. The van der Waals surface area contributed by atoms with E-state index in [2.05, 4.69) is 15.0 Å².